The Hall–Kier alpha value is -7.31. The van der Waals surface area contributed by atoms with Crippen LogP contribution in [0.3, 0.4) is 0 Å². The van der Waals surface area contributed by atoms with Crippen LogP contribution >= 0.6 is 0 Å². The Morgan fingerprint density at radius 3 is 1.71 bits per heavy atom. The number of carbonyl (C=O) groups is 6. The van der Waals surface area contributed by atoms with Crippen LogP contribution in [0.4, 0.5) is 0 Å². The number of likely N-dealkylation sites (N-methyl/N-ethyl adjacent to an activating group) is 1. The Bertz CT molecular complexity index is 2440. The number of phenols is 1. The van der Waals surface area contributed by atoms with Crippen molar-refractivity contribution in [1.29, 1.82) is 0 Å². The molecule has 0 radical (unpaired) electrons. The second-order valence-electron chi connectivity index (χ2n) is 19.2. The van der Waals surface area contributed by atoms with Gasteiger partial charge in [-0.05, 0) is 136 Å². The van der Waals surface area contributed by atoms with Crippen molar-refractivity contribution in [2.45, 2.75) is 108 Å². The van der Waals surface area contributed by atoms with Gasteiger partial charge in [0, 0.05) is 26.4 Å². The maximum Gasteiger partial charge on any atom is 0.245 e. The van der Waals surface area contributed by atoms with E-state index in [9.17, 15) is 33.9 Å². The molecule has 0 aromatic heterocycles. The van der Waals surface area contributed by atoms with E-state index in [4.69, 9.17) is 22.9 Å². The molecule has 392 valence electrons. The summed E-state index contributed by atoms with van der Waals surface area (Å²) in [7, 11) is 1.42. The molecule has 73 heavy (non-hydrogen) atoms. The van der Waals surface area contributed by atoms with Gasteiger partial charge in [-0.15, -0.1) is 0 Å². The van der Waals surface area contributed by atoms with Crippen molar-refractivity contribution >= 4 is 41.4 Å². The maximum absolute atomic E-state index is 14.4. The number of hydrogen-bond acceptors (Lipinski definition) is 10. The number of primary amides is 1. The summed E-state index contributed by atoms with van der Waals surface area (Å²) in [6.07, 6.45) is 4.62. The summed E-state index contributed by atoms with van der Waals surface area (Å²) in [5.41, 5.74) is 28.4. The summed E-state index contributed by atoms with van der Waals surface area (Å²) in [4.78, 5) is 90.5. The maximum atomic E-state index is 14.4. The summed E-state index contributed by atoms with van der Waals surface area (Å²) in [5, 5.41) is 21.2. The number of benzene rings is 4. The monoisotopic (exact) mass is 1000 g/mol. The summed E-state index contributed by atoms with van der Waals surface area (Å²) < 4.78 is 0. The van der Waals surface area contributed by atoms with E-state index in [1.807, 2.05) is 42.5 Å². The molecule has 1 fully saturated rings. The average Bonchev–Trinajstić information content (AvgIpc) is 3.36. The van der Waals surface area contributed by atoms with Crippen molar-refractivity contribution < 1.29 is 33.9 Å². The normalized spacial score (nSPS) is 14.8. The second kappa shape index (κ2) is 28.7. The third-order valence-corrected chi connectivity index (χ3v) is 13.3. The first-order valence-electron chi connectivity index (χ1n) is 25.1. The molecule has 13 N–H and O–H groups in total. The van der Waals surface area contributed by atoms with Crippen LogP contribution in [0, 0.1) is 19.8 Å². The van der Waals surface area contributed by atoms with Gasteiger partial charge in [0.15, 0.2) is 5.96 Å². The number of amides is 6. The molecule has 6 amide bonds. The fourth-order valence-electron chi connectivity index (χ4n) is 9.27. The van der Waals surface area contributed by atoms with Crippen molar-refractivity contribution in [2.24, 2.45) is 33.8 Å². The number of phenolic OH excluding ortho intramolecular Hbond substituents is 1. The van der Waals surface area contributed by atoms with Crippen LogP contribution in [0.15, 0.2) is 108 Å². The molecular weight excluding hydrogens is 927 g/mol. The summed E-state index contributed by atoms with van der Waals surface area (Å²) in [6.45, 7) is 5.81. The molecule has 0 bridgehead atoms. The van der Waals surface area contributed by atoms with E-state index >= 15 is 0 Å². The Morgan fingerprint density at radius 1 is 0.671 bits per heavy atom. The van der Waals surface area contributed by atoms with E-state index in [0.717, 1.165) is 54.6 Å². The van der Waals surface area contributed by atoms with Gasteiger partial charge < -0.3 is 59.1 Å². The largest absolute Gasteiger partial charge is 0.508 e. The number of nitrogens with zero attached hydrogens (tertiary/aromatic N) is 3. The van der Waals surface area contributed by atoms with Crippen molar-refractivity contribution in [3.05, 3.63) is 137 Å². The molecule has 1 aliphatic heterocycles. The van der Waals surface area contributed by atoms with Crippen molar-refractivity contribution in [1.82, 2.24) is 31.1 Å². The number of guanidine groups is 1. The highest BCUT2D eigenvalue weighted by molar-refractivity contribution is 5.95. The Balaban J connectivity index is 1.28. The van der Waals surface area contributed by atoms with Gasteiger partial charge in [-0.3, -0.25) is 33.8 Å². The summed E-state index contributed by atoms with van der Waals surface area (Å²) in [5.74, 6) is -3.31. The molecule has 5 atom stereocenters. The molecule has 0 aliphatic carbocycles. The van der Waals surface area contributed by atoms with Crippen molar-refractivity contribution in [2.75, 3.05) is 39.8 Å². The number of likely N-dealkylation sites (tertiary alicyclic amines) is 1. The van der Waals surface area contributed by atoms with E-state index in [-0.39, 0.29) is 56.8 Å². The number of aliphatic imine (C=N–C) groups is 1. The highest BCUT2D eigenvalue weighted by Crippen LogP contribution is 2.23. The van der Waals surface area contributed by atoms with Gasteiger partial charge in [-0.2, -0.15) is 0 Å². The molecule has 1 heterocycles. The third kappa shape index (κ3) is 19.0. The van der Waals surface area contributed by atoms with Crippen molar-refractivity contribution in [3.8, 4) is 5.75 Å². The highest BCUT2D eigenvalue weighted by Gasteiger charge is 2.32. The molecule has 4 aromatic rings. The minimum absolute atomic E-state index is 0.0371. The average molecular weight is 1000 g/mol. The standard InChI is InChI=1S/C55H75N11O7/c1-36-29-42(67)30-37(2)43(36)34-44(56)51(70)62-46(21-13-25-60-55(58)59)53(72)64-48(33-40-19-11-6-12-20-40)54(73)65(3)35-49(68)61-45(52(71)63-47(50(57)69)32-39-17-9-5-10-18-39)22-14-26-66-27-23-41(24-28-66)31-38-15-7-4-8-16-38/h4-12,15-20,29-30,41,44-48,67H,13-14,21-28,31-35,56H2,1-3H3,(H2,57,69)(H,61,68)(H,62,70)(H,63,71)(H,64,72)(H4,58,59,60)/t44-,45-,46+,47-,48-/m0/s1. The first-order chi connectivity index (χ1) is 34.9. The van der Waals surface area contributed by atoms with Crippen molar-refractivity contribution in [3.63, 3.8) is 0 Å². The quantitative estimate of drug-likeness (QED) is 0.0237. The fourth-order valence-corrected chi connectivity index (χ4v) is 9.27. The summed E-state index contributed by atoms with van der Waals surface area (Å²) >= 11 is 0. The van der Waals surface area contributed by atoms with Crippen LogP contribution in [0.1, 0.15) is 71.9 Å². The highest BCUT2D eigenvalue weighted by atomic mass is 16.3. The predicted molar refractivity (Wildman–Crippen MR) is 283 cm³/mol. The smallest absolute Gasteiger partial charge is 0.245 e. The predicted octanol–water partition coefficient (Wildman–Crippen LogP) is 2.04. The first-order valence-corrected chi connectivity index (χ1v) is 25.1. The van der Waals surface area contributed by atoms with Crippen LogP contribution in [0.25, 0.3) is 0 Å². The van der Waals surface area contributed by atoms with Crippen LogP contribution in [-0.2, 0) is 54.5 Å². The number of aryl methyl sites for hydroxylation is 2. The zero-order chi connectivity index (χ0) is 52.9. The molecular formula is C55H75N11O7. The number of nitrogens with one attached hydrogen (secondary N) is 4. The Kier molecular flexibility index (Phi) is 22.2. The lowest BCUT2D eigenvalue weighted by molar-refractivity contribution is -0.139. The zero-order valence-electron chi connectivity index (χ0n) is 42.4. The Morgan fingerprint density at radius 2 is 1.16 bits per heavy atom. The number of rotatable bonds is 27. The van der Waals surface area contributed by atoms with Gasteiger partial charge in [-0.25, -0.2) is 0 Å². The summed E-state index contributed by atoms with van der Waals surface area (Å²) in [6, 6.07) is 26.2. The topological polar surface area (TPSA) is 294 Å². The third-order valence-electron chi connectivity index (χ3n) is 13.3. The van der Waals surface area contributed by atoms with E-state index in [2.05, 4.69) is 55.4 Å². The minimum Gasteiger partial charge on any atom is -0.508 e. The van der Waals surface area contributed by atoms with E-state index in [1.54, 1.807) is 50.2 Å². The van der Waals surface area contributed by atoms with Crippen LogP contribution < -0.4 is 44.2 Å². The van der Waals surface area contributed by atoms with Gasteiger partial charge >= 0.3 is 0 Å². The van der Waals surface area contributed by atoms with Gasteiger partial charge in [-0.1, -0.05) is 91.0 Å². The SMILES string of the molecule is Cc1cc(O)cc(C)c1C[C@H](N)C(=O)N[C@H](CCCN=C(N)N)C(=O)N[C@@H](Cc1ccccc1)C(=O)N(C)CC(=O)N[C@@H](CCCN1CCC(Cc2ccccc2)CC1)C(=O)N[C@@H](Cc1ccccc1)C(N)=O. The molecule has 0 saturated carbocycles. The van der Waals surface area contributed by atoms with Gasteiger partial charge in [0.25, 0.3) is 0 Å². The molecule has 1 aliphatic rings. The molecule has 18 nitrogen and oxygen atoms in total. The molecule has 5 rings (SSSR count). The van der Waals surface area contributed by atoms with Gasteiger partial charge in [0.1, 0.15) is 29.9 Å². The lowest BCUT2D eigenvalue weighted by atomic mass is 9.90. The lowest BCUT2D eigenvalue weighted by Crippen LogP contribution is -2.58. The lowest BCUT2D eigenvalue weighted by Gasteiger charge is -2.32. The van der Waals surface area contributed by atoms with Crippen LogP contribution in [0.2, 0.25) is 0 Å². The zero-order valence-corrected chi connectivity index (χ0v) is 42.4. The molecule has 0 spiro atoms. The van der Waals surface area contributed by atoms with Gasteiger partial charge in [0.2, 0.25) is 35.4 Å². The minimum atomic E-state index is -1.20. The number of hydrogen-bond donors (Lipinski definition) is 9. The molecule has 1 saturated heterocycles. The number of nitrogens with two attached hydrogens (primary N) is 4. The van der Waals surface area contributed by atoms with Gasteiger partial charge in [0.05, 0.1) is 12.6 Å². The van der Waals surface area contributed by atoms with E-state index in [0.29, 0.717) is 24.4 Å². The molecule has 0 unspecified atom stereocenters. The molecule has 18 heteroatoms. The first kappa shape index (κ1) is 56.6. The number of aromatic hydroxyl groups is 1. The second-order valence-corrected chi connectivity index (χ2v) is 19.2. The van der Waals surface area contributed by atoms with Crippen LogP contribution in [-0.4, -0.2) is 126 Å². The fraction of sp³-hybridized carbons (Fsp3) is 0.436. The van der Waals surface area contributed by atoms with E-state index < -0.39 is 72.2 Å². The van der Waals surface area contributed by atoms with Crippen LogP contribution in [0.5, 0.6) is 5.75 Å². The number of piperidine rings is 1. The Labute approximate surface area is 429 Å². The van der Waals surface area contributed by atoms with E-state index in [1.165, 1.54) is 17.5 Å². The molecule has 4 aromatic carbocycles. The number of carbonyl (C=O) groups excluding carboxylic acids is 6.